The highest BCUT2D eigenvalue weighted by Gasteiger charge is 2.06. The largest absolute Gasteiger partial charge is 0.493 e. The van der Waals surface area contributed by atoms with Gasteiger partial charge in [-0.3, -0.25) is 9.59 Å². The first-order valence-corrected chi connectivity index (χ1v) is 9.94. The van der Waals surface area contributed by atoms with Crippen LogP contribution in [0.3, 0.4) is 0 Å². The second kappa shape index (κ2) is 11.7. The number of benzene rings is 2. The number of Topliss-reactive ketones (excluding diaryl/α,β-unsaturated/α-hetero) is 1. The minimum absolute atomic E-state index is 0.0450. The molecule has 0 saturated heterocycles. The summed E-state index contributed by atoms with van der Waals surface area (Å²) in [6.07, 6.45) is 7.73. The van der Waals surface area contributed by atoms with Crippen molar-refractivity contribution in [3.63, 3.8) is 0 Å². The topological polar surface area (TPSA) is 64.6 Å². The number of hydrogen-bond acceptors (Lipinski definition) is 4. The van der Waals surface area contributed by atoms with Gasteiger partial charge in [0.25, 0.3) is 0 Å². The summed E-state index contributed by atoms with van der Waals surface area (Å²) in [6.45, 7) is 4.33. The third-order valence-corrected chi connectivity index (χ3v) is 4.41. The van der Waals surface area contributed by atoms with Gasteiger partial charge in [0.1, 0.15) is 0 Å². The number of rotatable bonds is 11. The molecule has 0 aromatic heterocycles. The van der Waals surface area contributed by atoms with E-state index in [0.717, 1.165) is 18.4 Å². The van der Waals surface area contributed by atoms with E-state index in [1.165, 1.54) is 25.8 Å². The Balaban J connectivity index is 1.96. The Bertz CT molecular complexity index is 858. The van der Waals surface area contributed by atoms with E-state index in [1.54, 1.807) is 37.5 Å². The minimum Gasteiger partial charge on any atom is -0.493 e. The highest BCUT2D eigenvalue weighted by atomic mass is 16.5. The molecule has 5 nitrogen and oxygen atoms in total. The van der Waals surface area contributed by atoms with E-state index in [9.17, 15) is 9.59 Å². The molecule has 1 N–H and O–H groups in total. The van der Waals surface area contributed by atoms with Crippen molar-refractivity contribution in [2.24, 2.45) is 0 Å². The monoisotopic (exact) mass is 395 g/mol. The molecule has 2 aromatic carbocycles. The van der Waals surface area contributed by atoms with Crippen LogP contribution in [0.4, 0.5) is 5.69 Å². The molecule has 0 saturated carbocycles. The summed E-state index contributed by atoms with van der Waals surface area (Å²) in [4.78, 5) is 23.6. The van der Waals surface area contributed by atoms with Crippen molar-refractivity contribution in [3.8, 4) is 11.5 Å². The fraction of sp³-hybridized carbons (Fsp3) is 0.333. The summed E-state index contributed by atoms with van der Waals surface area (Å²) in [5.74, 6) is 1.01. The Labute approximate surface area is 172 Å². The lowest BCUT2D eigenvalue weighted by molar-refractivity contribution is -0.111. The van der Waals surface area contributed by atoms with Gasteiger partial charge in [-0.2, -0.15) is 0 Å². The van der Waals surface area contributed by atoms with Crippen molar-refractivity contribution in [3.05, 3.63) is 59.7 Å². The first-order chi connectivity index (χ1) is 14.0. The molecule has 154 valence electrons. The number of hydrogen-bond donors (Lipinski definition) is 1. The molecule has 1 amide bonds. The van der Waals surface area contributed by atoms with Crippen molar-refractivity contribution < 1.29 is 19.1 Å². The standard InChI is InChI=1S/C24H29NO4/c1-4-5-6-7-15-29-22-13-11-19(16-23(22)28-3)12-14-24(27)25-21-10-8-9-20(17-21)18(2)26/h8-14,16-17H,4-7,15H2,1-3H3,(H,25,27). The summed E-state index contributed by atoms with van der Waals surface area (Å²) in [7, 11) is 1.60. The van der Waals surface area contributed by atoms with Gasteiger partial charge in [-0.05, 0) is 49.2 Å². The molecule has 2 aromatic rings. The minimum atomic E-state index is -0.277. The molecular weight excluding hydrogens is 366 g/mol. The number of ether oxygens (including phenoxy) is 2. The van der Waals surface area contributed by atoms with Gasteiger partial charge in [0, 0.05) is 17.3 Å². The molecule has 5 heteroatoms. The van der Waals surface area contributed by atoms with Crippen LogP contribution in [0, 0.1) is 0 Å². The quantitative estimate of drug-likeness (QED) is 0.310. The van der Waals surface area contributed by atoms with Gasteiger partial charge >= 0.3 is 0 Å². The van der Waals surface area contributed by atoms with Crippen LogP contribution >= 0.6 is 0 Å². The third kappa shape index (κ3) is 7.45. The molecule has 0 aliphatic rings. The maximum Gasteiger partial charge on any atom is 0.248 e. The summed E-state index contributed by atoms with van der Waals surface area (Å²) >= 11 is 0. The molecular formula is C24H29NO4. The van der Waals surface area contributed by atoms with Crippen LogP contribution in [0.5, 0.6) is 11.5 Å². The van der Waals surface area contributed by atoms with Gasteiger partial charge in [0.15, 0.2) is 17.3 Å². The van der Waals surface area contributed by atoms with Gasteiger partial charge in [0.2, 0.25) is 5.91 Å². The Morgan fingerprint density at radius 2 is 1.86 bits per heavy atom. The molecule has 29 heavy (non-hydrogen) atoms. The summed E-state index contributed by atoms with van der Waals surface area (Å²) in [6, 6.07) is 12.4. The fourth-order valence-corrected chi connectivity index (χ4v) is 2.79. The van der Waals surface area contributed by atoms with Crippen molar-refractivity contribution in [1.29, 1.82) is 0 Å². The number of methoxy groups -OCH3 is 1. The van der Waals surface area contributed by atoms with Gasteiger partial charge < -0.3 is 14.8 Å². The zero-order chi connectivity index (χ0) is 21.1. The van der Waals surface area contributed by atoms with Crippen LogP contribution in [-0.4, -0.2) is 25.4 Å². The van der Waals surface area contributed by atoms with Gasteiger partial charge in [-0.15, -0.1) is 0 Å². The van der Waals surface area contributed by atoms with E-state index in [0.29, 0.717) is 29.4 Å². The number of nitrogens with one attached hydrogen (secondary N) is 1. The number of carbonyl (C=O) groups is 2. The van der Waals surface area contributed by atoms with E-state index >= 15 is 0 Å². The molecule has 0 aliphatic carbocycles. The normalized spacial score (nSPS) is 10.7. The van der Waals surface area contributed by atoms with E-state index < -0.39 is 0 Å². The summed E-state index contributed by atoms with van der Waals surface area (Å²) in [5.41, 5.74) is 1.96. The lowest BCUT2D eigenvalue weighted by atomic mass is 10.1. The first kappa shape index (κ1) is 22.2. The molecule has 0 unspecified atom stereocenters. The lowest BCUT2D eigenvalue weighted by Gasteiger charge is -2.11. The number of anilines is 1. The first-order valence-electron chi connectivity index (χ1n) is 9.94. The van der Waals surface area contributed by atoms with E-state index in [-0.39, 0.29) is 11.7 Å². The van der Waals surface area contributed by atoms with Gasteiger partial charge in [0.05, 0.1) is 13.7 Å². The third-order valence-electron chi connectivity index (χ3n) is 4.41. The SMILES string of the molecule is CCCCCCOc1ccc(C=CC(=O)Nc2cccc(C(C)=O)c2)cc1OC. The number of amides is 1. The second-order valence-corrected chi connectivity index (χ2v) is 6.78. The van der Waals surface area contributed by atoms with Crippen molar-refractivity contribution in [1.82, 2.24) is 0 Å². The van der Waals surface area contributed by atoms with E-state index in [1.807, 2.05) is 18.2 Å². The maximum atomic E-state index is 12.2. The van der Waals surface area contributed by atoms with Crippen molar-refractivity contribution in [2.45, 2.75) is 39.5 Å². The van der Waals surface area contributed by atoms with Crippen LogP contribution in [0.1, 0.15) is 55.5 Å². The molecule has 0 fully saturated rings. The Morgan fingerprint density at radius 3 is 2.59 bits per heavy atom. The molecule has 0 heterocycles. The molecule has 0 radical (unpaired) electrons. The van der Waals surface area contributed by atoms with Gasteiger partial charge in [-0.25, -0.2) is 0 Å². The second-order valence-electron chi connectivity index (χ2n) is 6.78. The van der Waals surface area contributed by atoms with Crippen molar-refractivity contribution >= 4 is 23.5 Å². The van der Waals surface area contributed by atoms with Crippen LogP contribution in [0.25, 0.3) is 6.08 Å². The average Bonchev–Trinajstić information content (AvgIpc) is 2.72. The Kier molecular flexibility index (Phi) is 8.96. The Hall–Kier alpha value is -3.08. The lowest BCUT2D eigenvalue weighted by Crippen LogP contribution is -2.08. The highest BCUT2D eigenvalue weighted by Crippen LogP contribution is 2.28. The molecule has 2 rings (SSSR count). The fourth-order valence-electron chi connectivity index (χ4n) is 2.79. The molecule has 0 bridgehead atoms. The van der Waals surface area contributed by atoms with Crippen LogP contribution in [-0.2, 0) is 4.79 Å². The Morgan fingerprint density at radius 1 is 1.03 bits per heavy atom. The van der Waals surface area contributed by atoms with Crippen LogP contribution in [0.2, 0.25) is 0 Å². The molecule has 0 spiro atoms. The van der Waals surface area contributed by atoms with Crippen LogP contribution < -0.4 is 14.8 Å². The zero-order valence-corrected chi connectivity index (χ0v) is 17.4. The zero-order valence-electron chi connectivity index (χ0n) is 17.4. The van der Waals surface area contributed by atoms with E-state index in [4.69, 9.17) is 9.47 Å². The van der Waals surface area contributed by atoms with Gasteiger partial charge in [-0.1, -0.05) is 44.4 Å². The number of ketones is 1. The summed E-state index contributed by atoms with van der Waals surface area (Å²) < 4.78 is 11.2. The molecule has 0 atom stereocenters. The summed E-state index contributed by atoms with van der Waals surface area (Å²) in [5, 5.41) is 2.76. The molecule has 0 aliphatic heterocycles. The smallest absolute Gasteiger partial charge is 0.248 e. The maximum absolute atomic E-state index is 12.2. The van der Waals surface area contributed by atoms with Crippen molar-refractivity contribution in [2.75, 3.05) is 19.0 Å². The predicted molar refractivity (Wildman–Crippen MR) is 117 cm³/mol. The average molecular weight is 395 g/mol. The highest BCUT2D eigenvalue weighted by molar-refractivity contribution is 6.03. The van der Waals surface area contributed by atoms with E-state index in [2.05, 4.69) is 12.2 Å². The predicted octanol–water partition coefficient (Wildman–Crippen LogP) is 5.51. The number of unbranched alkanes of at least 4 members (excludes halogenated alkanes) is 3. The number of carbonyl (C=O) groups excluding carboxylic acids is 2. The van der Waals surface area contributed by atoms with Crippen LogP contribution in [0.15, 0.2) is 48.5 Å².